The van der Waals surface area contributed by atoms with Crippen LogP contribution in [0.15, 0.2) is 134 Å². The zero-order valence-electron chi connectivity index (χ0n) is 23.8. The molecule has 7 heteroatoms. The highest BCUT2D eigenvalue weighted by atomic mass is 16.4. The Bertz CT molecular complexity index is 2560. The zero-order chi connectivity index (χ0) is 30.1. The third-order valence-corrected chi connectivity index (χ3v) is 8.56. The molecule has 212 valence electrons. The maximum absolute atomic E-state index is 11.6. The molecular formula is C38H23N5O2. The summed E-state index contributed by atoms with van der Waals surface area (Å²) < 4.78 is 4.45. The van der Waals surface area contributed by atoms with Gasteiger partial charge in [0.05, 0.1) is 38.7 Å². The second kappa shape index (κ2) is 9.59. The third-order valence-electron chi connectivity index (χ3n) is 8.56. The lowest BCUT2D eigenvalue weighted by Crippen LogP contribution is -2.01. The molecule has 4 heterocycles. The molecule has 0 spiro atoms. The number of hydrogen-bond acceptors (Lipinski definition) is 4. The molecule has 9 aromatic rings. The Morgan fingerprint density at radius 3 is 1.69 bits per heavy atom. The fourth-order valence-electron chi connectivity index (χ4n) is 6.59. The summed E-state index contributed by atoms with van der Waals surface area (Å²) in [4.78, 5) is 26.3. The zero-order valence-corrected chi connectivity index (χ0v) is 23.8. The average molecular weight is 582 g/mol. The summed E-state index contributed by atoms with van der Waals surface area (Å²) in [7, 11) is 0. The van der Waals surface area contributed by atoms with Gasteiger partial charge in [-0.1, -0.05) is 48.5 Å². The van der Waals surface area contributed by atoms with Gasteiger partial charge in [-0.05, 0) is 72.8 Å². The molecule has 0 fully saturated rings. The number of benzene rings is 5. The molecule has 0 aliphatic rings. The highest BCUT2D eigenvalue weighted by Crippen LogP contribution is 2.38. The molecule has 0 aliphatic carbocycles. The molecule has 0 saturated heterocycles. The van der Waals surface area contributed by atoms with E-state index in [0.717, 1.165) is 60.8 Å². The summed E-state index contributed by atoms with van der Waals surface area (Å²) in [5.74, 6) is -0.266. The van der Waals surface area contributed by atoms with Crippen LogP contribution in [0.25, 0.3) is 77.4 Å². The summed E-state index contributed by atoms with van der Waals surface area (Å²) in [6, 6.07) is 40.3. The summed E-state index contributed by atoms with van der Waals surface area (Å²) >= 11 is 0. The molecule has 0 bridgehead atoms. The first-order valence-corrected chi connectivity index (χ1v) is 14.6. The van der Waals surface area contributed by atoms with Crippen LogP contribution in [-0.4, -0.2) is 35.2 Å². The minimum absolute atomic E-state index is 0.223. The van der Waals surface area contributed by atoms with Crippen molar-refractivity contribution in [3.05, 3.63) is 139 Å². The smallest absolute Gasteiger partial charge is 0.335 e. The van der Waals surface area contributed by atoms with E-state index in [2.05, 4.69) is 93.0 Å². The van der Waals surface area contributed by atoms with Gasteiger partial charge in [0.15, 0.2) is 0 Å². The summed E-state index contributed by atoms with van der Waals surface area (Å²) in [5.41, 5.74) is 8.61. The van der Waals surface area contributed by atoms with E-state index >= 15 is 0 Å². The van der Waals surface area contributed by atoms with Crippen molar-refractivity contribution < 1.29 is 9.90 Å². The number of fused-ring (bicyclic) bond motifs is 9. The minimum Gasteiger partial charge on any atom is -0.478 e. The normalized spacial score (nSPS) is 11.7. The van der Waals surface area contributed by atoms with E-state index < -0.39 is 5.97 Å². The van der Waals surface area contributed by atoms with Gasteiger partial charge in [0.25, 0.3) is 0 Å². The van der Waals surface area contributed by atoms with Crippen molar-refractivity contribution in [1.82, 2.24) is 24.1 Å². The molecule has 9 rings (SSSR count). The molecule has 5 aromatic carbocycles. The number of carboxylic acids is 1. The van der Waals surface area contributed by atoms with Gasteiger partial charge in [-0.15, -0.1) is 0 Å². The Labute approximate surface area is 256 Å². The predicted octanol–water partition coefficient (Wildman–Crippen LogP) is 8.58. The number of aromatic nitrogens is 5. The number of rotatable bonds is 4. The van der Waals surface area contributed by atoms with E-state index in [1.54, 1.807) is 24.5 Å². The Balaban J connectivity index is 1.33. The number of pyridine rings is 2. The Kier molecular flexibility index (Phi) is 5.37. The second-order valence-corrected chi connectivity index (χ2v) is 11.0. The van der Waals surface area contributed by atoms with Gasteiger partial charge in [-0.2, -0.15) is 0 Å². The van der Waals surface area contributed by atoms with E-state index in [4.69, 9.17) is 9.97 Å². The van der Waals surface area contributed by atoms with Crippen LogP contribution in [-0.2, 0) is 0 Å². The Hall–Kier alpha value is -6.34. The molecule has 1 N–H and O–H groups in total. The number of carbonyl (C=O) groups is 1. The monoisotopic (exact) mass is 581 g/mol. The van der Waals surface area contributed by atoms with Crippen molar-refractivity contribution >= 4 is 60.6 Å². The number of aromatic carboxylic acids is 1. The average Bonchev–Trinajstić information content (AvgIpc) is 3.66. The van der Waals surface area contributed by atoms with Crippen molar-refractivity contribution in [2.24, 2.45) is 0 Å². The van der Waals surface area contributed by atoms with Crippen LogP contribution >= 0.6 is 0 Å². The first-order chi connectivity index (χ1) is 22.2. The molecule has 0 aliphatic heterocycles. The maximum Gasteiger partial charge on any atom is 0.335 e. The van der Waals surface area contributed by atoms with Crippen molar-refractivity contribution in [2.45, 2.75) is 0 Å². The van der Waals surface area contributed by atoms with Crippen LogP contribution in [0.3, 0.4) is 0 Å². The van der Waals surface area contributed by atoms with E-state index in [1.165, 1.54) is 10.8 Å². The van der Waals surface area contributed by atoms with Gasteiger partial charge < -0.3 is 9.67 Å². The van der Waals surface area contributed by atoms with Crippen LogP contribution in [0, 0.1) is 0 Å². The fourth-order valence-corrected chi connectivity index (χ4v) is 6.59. The molecule has 0 saturated carbocycles. The van der Waals surface area contributed by atoms with Crippen molar-refractivity contribution in [3.8, 4) is 22.8 Å². The first-order valence-electron chi connectivity index (χ1n) is 14.6. The first kappa shape index (κ1) is 25.2. The van der Waals surface area contributed by atoms with Crippen LogP contribution in [0.4, 0.5) is 0 Å². The summed E-state index contributed by atoms with van der Waals surface area (Å²) in [5, 5.41) is 13.8. The summed E-state index contributed by atoms with van der Waals surface area (Å²) in [6.45, 7) is 0. The lowest BCUT2D eigenvalue weighted by molar-refractivity contribution is 0.0697. The highest BCUT2D eigenvalue weighted by Gasteiger charge is 2.21. The van der Waals surface area contributed by atoms with Gasteiger partial charge in [0.2, 0.25) is 0 Å². The Morgan fingerprint density at radius 1 is 0.533 bits per heavy atom. The van der Waals surface area contributed by atoms with E-state index in [1.807, 2.05) is 30.3 Å². The van der Waals surface area contributed by atoms with Crippen molar-refractivity contribution in [2.75, 3.05) is 0 Å². The number of para-hydroxylation sites is 2. The molecule has 7 nitrogen and oxygen atoms in total. The Morgan fingerprint density at radius 2 is 1.07 bits per heavy atom. The van der Waals surface area contributed by atoms with E-state index in [0.29, 0.717) is 5.82 Å². The largest absolute Gasteiger partial charge is 0.478 e. The number of carboxylic acid groups (broad SMARTS) is 1. The number of hydrogen-bond donors (Lipinski definition) is 1. The molecule has 0 radical (unpaired) electrons. The standard InChI is InChI=1S/C38H23N5O2/c44-38(45)24-15-13-23(14-16-24)37-41-35-29-9-5-21-39-33(29)34-30(10-6-22-40-34)36(35)43(37)26-19-17-25(18-20-26)42-31-11-3-1-7-27(31)28-8-2-4-12-32(28)42/h1-22H,(H,44,45). The third kappa shape index (κ3) is 3.71. The SMILES string of the molecule is O=C(O)c1ccc(-c2nc3c4cccnc4c4ncccc4c3n2-c2ccc(-n3c4ccccc4c4ccccc43)cc2)cc1. The maximum atomic E-state index is 11.6. The van der Waals surface area contributed by atoms with Crippen molar-refractivity contribution in [3.63, 3.8) is 0 Å². The van der Waals surface area contributed by atoms with Crippen LogP contribution in [0.1, 0.15) is 10.4 Å². The molecule has 45 heavy (non-hydrogen) atoms. The van der Waals surface area contributed by atoms with Gasteiger partial charge in [0.1, 0.15) is 5.82 Å². The van der Waals surface area contributed by atoms with Gasteiger partial charge in [0, 0.05) is 50.9 Å². The topological polar surface area (TPSA) is 85.8 Å². The minimum atomic E-state index is -0.968. The molecule has 4 aromatic heterocycles. The molecular weight excluding hydrogens is 558 g/mol. The molecule has 0 amide bonds. The molecule has 0 atom stereocenters. The number of imidazole rings is 1. The highest BCUT2D eigenvalue weighted by molar-refractivity contribution is 6.21. The molecule has 0 unspecified atom stereocenters. The second-order valence-electron chi connectivity index (χ2n) is 11.0. The quantitative estimate of drug-likeness (QED) is 0.210. The number of nitrogens with zero attached hydrogens (tertiary/aromatic N) is 5. The summed E-state index contributed by atoms with van der Waals surface area (Å²) in [6.07, 6.45) is 3.56. The van der Waals surface area contributed by atoms with Gasteiger partial charge in [-0.3, -0.25) is 14.5 Å². The fraction of sp³-hybridized carbons (Fsp3) is 0. The van der Waals surface area contributed by atoms with Crippen LogP contribution < -0.4 is 0 Å². The lowest BCUT2D eigenvalue weighted by Gasteiger charge is -2.14. The van der Waals surface area contributed by atoms with Gasteiger partial charge >= 0.3 is 5.97 Å². The van der Waals surface area contributed by atoms with Crippen molar-refractivity contribution in [1.29, 1.82) is 0 Å². The predicted molar refractivity (Wildman–Crippen MR) is 178 cm³/mol. The van der Waals surface area contributed by atoms with E-state index in [9.17, 15) is 9.90 Å². The van der Waals surface area contributed by atoms with Gasteiger partial charge in [-0.25, -0.2) is 9.78 Å². The van der Waals surface area contributed by atoms with Crippen LogP contribution in [0.5, 0.6) is 0 Å². The lowest BCUT2D eigenvalue weighted by atomic mass is 10.1. The van der Waals surface area contributed by atoms with Crippen LogP contribution in [0.2, 0.25) is 0 Å². The van der Waals surface area contributed by atoms with E-state index in [-0.39, 0.29) is 5.56 Å².